The van der Waals surface area contributed by atoms with Crippen molar-refractivity contribution in [2.75, 3.05) is 38.5 Å². The van der Waals surface area contributed by atoms with Gasteiger partial charge >= 0.3 is 6.03 Å². The molecule has 1 aliphatic heterocycles. The molecule has 6 heteroatoms. The molecule has 1 saturated heterocycles. The third kappa shape index (κ3) is 5.75. The molecule has 1 heterocycles. The molecule has 0 aromatic rings. The molecule has 0 aromatic heterocycles. The summed E-state index contributed by atoms with van der Waals surface area (Å²) in [6.07, 6.45) is 6.42. The van der Waals surface area contributed by atoms with Crippen molar-refractivity contribution < 1.29 is 9.00 Å². The van der Waals surface area contributed by atoms with Crippen LogP contribution in [0.4, 0.5) is 4.79 Å². The van der Waals surface area contributed by atoms with E-state index in [2.05, 4.69) is 10.2 Å². The average Bonchev–Trinajstić information content (AvgIpc) is 2.90. The summed E-state index contributed by atoms with van der Waals surface area (Å²) in [4.78, 5) is 16.8. The molecule has 1 atom stereocenters. The molecule has 134 valence electrons. The molecule has 1 aliphatic carbocycles. The Morgan fingerprint density at radius 3 is 2.43 bits per heavy atom. The Kier molecular flexibility index (Phi) is 6.89. The highest BCUT2D eigenvalue weighted by Gasteiger charge is 2.26. The van der Waals surface area contributed by atoms with E-state index in [0.29, 0.717) is 12.3 Å². The van der Waals surface area contributed by atoms with E-state index in [9.17, 15) is 9.00 Å². The summed E-state index contributed by atoms with van der Waals surface area (Å²) in [7, 11) is -0.911. The molecule has 0 aromatic carbocycles. The monoisotopic (exact) mass is 343 g/mol. The fourth-order valence-electron chi connectivity index (χ4n) is 3.44. The van der Waals surface area contributed by atoms with Gasteiger partial charge in [0, 0.05) is 60.1 Å². The number of amides is 2. The van der Waals surface area contributed by atoms with Gasteiger partial charge in [-0.3, -0.25) is 9.11 Å². The zero-order valence-electron chi connectivity index (χ0n) is 15.0. The van der Waals surface area contributed by atoms with E-state index in [4.69, 9.17) is 0 Å². The van der Waals surface area contributed by atoms with E-state index in [0.717, 1.165) is 38.6 Å². The number of carbonyl (C=O) groups is 1. The number of nitrogens with zero attached hydrogens (tertiary/aromatic N) is 2. The molecule has 2 aliphatic rings. The van der Waals surface area contributed by atoms with Gasteiger partial charge in [0.05, 0.1) is 0 Å². The maximum atomic E-state index is 12.3. The quantitative estimate of drug-likeness (QED) is 0.851. The topological polar surface area (TPSA) is 52.7 Å². The molecule has 2 rings (SSSR count). The van der Waals surface area contributed by atoms with Crippen LogP contribution in [0.15, 0.2) is 0 Å². The smallest absolute Gasteiger partial charge is 0.317 e. The fraction of sp³-hybridized carbons (Fsp3) is 0.941. The lowest BCUT2D eigenvalue weighted by Gasteiger charge is -2.27. The van der Waals surface area contributed by atoms with Crippen molar-refractivity contribution in [3.05, 3.63) is 0 Å². The van der Waals surface area contributed by atoms with Crippen LogP contribution in [0.1, 0.15) is 52.9 Å². The Morgan fingerprint density at radius 1 is 1.09 bits per heavy atom. The lowest BCUT2D eigenvalue weighted by atomic mass is 10.2. The SMILES string of the molecule is CC(C)(C)[S@](=O)CCNC(=O)N1CCCN(C2CCCC2)CC1. The summed E-state index contributed by atoms with van der Waals surface area (Å²) < 4.78 is 11.8. The first kappa shape index (κ1) is 18.7. The summed E-state index contributed by atoms with van der Waals surface area (Å²) in [5.41, 5.74) is 0. The van der Waals surface area contributed by atoms with Gasteiger partial charge in [0.2, 0.25) is 0 Å². The molecule has 0 bridgehead atoms. The van der Waals surface area contributed by atoms with Crippen LogP contribution in [0.25, 0.3) is 0 Å². The first-order valence-electron chi connectivity index (χ1n) is 9.03. The highest BCUT2D eigenvalue weighted by Crippen LogP contribution is 2.24. The van der Waals surface area contributed by atoms with Crippen molar-refractivity contribution in [1.82, 2.24) is 15.1 Å². The van der Waals surface area contributed by atoms with Crippen LogP contribution in [0.5, 0.6) is 0 Å². The summed E-state index contributed by atoms with van der Waals surface area (Å²) in [6.45, 7) is 10.1. The lowest BCUT2D eigenvalue weighted by Crippen LogP contribution is -2.44. The average molecular weight is 344 g/mol. The van der Waals surface area contributed by atoms with Crippen LogP contribution in [0.3, 0.4) is 0 Å². The van der Waals surface area contributed by atoms with E-state index in [1.807, 2.05) is 25.7 Å². The van der Waals surface area contributed by atoms with Crippen molar-refractivity contribution in [2.24, 2.45) is 0 Å². The maximum absolute atomic E-state index is 12.3. The molecular formula is C17H33N3O2S. The predicted octanol–water partition coefficient (Wildman–Crippen LogP) is 2.19. The minimum atomic E-state index is -0.911. The highest BCUT2D eigenvalue weighted by molar-refractivity contribution is 7.86. The normalized spacial score (nSPS) is 22.8. The number of rotatable bonds is 4. The first-order chi connectivity index (χ1) is 10.9. The number of hydrogen-bond acceptors (Lipinski definition) is 3. The minimum absolute atomic E-state index is 0.00387. The van der Waals surface area contributed by atoms with Crippen molar-refractivity contribution >= 4 is 16.8 Å². The Morgan fingerprint density at radius 2 is 1.78 bits per heavy atom. The van der Waals surface area contributed by atoms with Crippen LogP contribution in [-0.2, 0) is 10.8 Å². The Bertz CT molecular complexity index is 417. The molecule has 1 N–H and O–H groups in total. The molecule has 23 heavy (non-hydrogen) atoms. The molecular weight excluding hydrogens is 310 g/mol. The van der Waals surface area contributed by atoms with Gasteiger partial charge < -0.3 is 10.2 Å². The van der Waals surface area contributed by atoms with E-state index >= 15 is 0 Å². The van der Waals surface area contributed by atoms with E-state index < -0.39 is 10.8 Å². The van der Waals surface area contributed by atoms with Crippen LogP contribution in [0, 0.1) is 0 Å². The van der Waals surface area contributed by atoms with Gasteiger partial charge in [-0.25, -0.2) is 4.79 Å². The van der Waals surface area contributed by atoms with Gasteiger partial charge in [0.1, 0.15) is 0 Å². The first-order valence-corrected chi connectivity index (χ1v) is 10.3. The molecule has 0 spiro atoms. The van der Waals surface area contributed by atoms with Crippen LogP contribution in [0.2, 0.25) is 0 Å². The second-order valence-corrected chi connectivity index (χ2v) is 10.0. The summed E-state index contributed by atoms with van der Waals surface area (Å²) in [6, 6.07) is 0.747. The largest absolute Gasteiger partial charge is 0.337 e. The second kappa shape index (κ2) is 8.47. The fourth-order valence-corrected chi connectivity index (χ4v) is 4.34. The van der Waals surface area contributed by atoms with E-state index in [1.165, 1.54) is 25.7 Å². The van der Waals surface area contributed by atoms with Gasteiger partial charge in [-0.1, -0.05) is 12.8 Å². The predicted molar refractivity (Wildman–Crippen MR) is 96.2 cm³/mol. The van der Waals surface area contributed by atoms with Gasteiger partial charge in [0.25, 0.3) is 0 Å². The second-order valence-electron chi connectivity index (χ2n) is 7.71. The highest BCUT2D eigenvalue weighted by atomic mass is 32.2. The van der Waals surface area contributed by atoms with Crippen molar-refractivity contribution in [2.45, 2.75) is 63.7 Å². The molecule has 1 saturated carbocycles. The summed E-state index contributed by atoms with van der Waals surface area (Å²) in [5, 5.41) is 2.94. The van der Waals surface area contributed by atoms with Gasteiger partial charge in [-0.15, -0.1) is 0 Å². The zero-order valence-corrected chi connectivity index (χ0v) is 15.8. The van der Waals surface area contributed by atoms with Crippen molar-refractivity contribution in [3.8, 4) is 0 Å². The third-order valence-corrected chi connectivity index (χ3v) is 6.85. The number of hydrogen-bond donors (Lipinski definition) is 1. The van der Waals surface area contributed by atoms with E-state index in [1.54, 1.807) is 0 Å². The molecule has 0 radical (unpaired) electrons. The van der Waals surface area contributed by atoms with Gasteiger partial charge in [0.15, 0.2) is 0 Å². The minimum Gasteiger partial charge on any atom is -0.337 e. The van der Waals surface area contributed by atoms with Crippen LogP contribution in [-0.4, -0.2) is 69.3 Å². The third-order valence-electron chi connectivity index (χ3n) is 4.91. The zero-order chi connectivity index (χ0) is 16.9. The number of carbonyl (C=O) groups excluding carboxylic acids is 1. The molecule has 2 amide bonds. The molecule has 2 fully saturated rings. The van der Waals surface area contributed by atoms with Gasteiger partial charge in [-0.05, 0) is 40.0 Å². The van der Waals surface area contributed by atoms with Crippen LogP contribution < -0.4 is 5.32 Å². The molecule has 5 nitrogen and oxygen atoms in total. The van der Waals surface area contributed by atoms with Crippen molar-refractivity contribution in [3.63, 3.8) is 0 Å². The maximum Gasteiger partial charge on any atom is 0.317 e. The summed E-state index contributed by atoms with van der Waals surface area (Å²) in [5.74, 6) is 0.525. The van der Waals surface area contributed by atoms with Crippen LogP contribution >= 0.6 is 0 Å². The lowest BCUT2D eigenvalue weighted by molar-refractivity contribution is 0.188. The summed E-state index contributed by atoms with van der Waals surface area (Å²) >= 11 is 0. The number of nitrogens with one attached hydrogen (secondary N) is 1. The Balaban J connectivity index is 1.71. The van der Waals surface area contributed by atoms with E-state index in [-0.39, 0.29) is 10.8 Å². The van der Waals surface area contributed by atoms with Gasteiger partial charge in [-0.2, -0.15) is 0 Å². The number of urea groups is 1. The van der Waals surface area contributed by atoms with Crippen molar-refractivity contribution in [1.29, 1.82) is 0 Å². The standard InChI is InChI=1S/C17H33N3O2S/c1-17(2,3)23(22)14-9-18-16(21)20-11-6-10-19(12-13-20)15-7-4-5-8-15/h15H,4-14H2,1-3H3,(H,18,21)/t23-/m1/s1. The Hall–Kier alpha value is -0.620. The Labute approximate surface area is 143 Å². The molecule has 0 unspecified atom stereocenters.